The van der Waals surface area contributed by atoms with E-state index in [0.717, 1.165) is 31.5 Å². The van der Waals surface area contributed by atoms with Crippen LogP contribution in [-0.4, -0.2) is 53.3 Å². The Morgan fingerprint density at radius 3 is 2.44 bits per heavy atom. The van der Waals surface area contributed by atoms with Gasteiger partial charge in [0.25, 0.3) is 0 Å². The number of ether oxygens (including phenoxy) is 1. The standard InChI is InChI=1S/C19H22N6O2/c1-27-19-22-17(24-10-6-3-7-11-24)21-18(23-19)25-12-14(26)15(16(25)20)13-8-4-2-5-9-13/h2,4-5,8-9,15,20H,3,6-7,10-12H2,1H3. The van der Waals surface area contributed by atoms with Crippen molar-refractivity contribution in [2.24, 2.45) is 0 Å². The molecule has 1 aromatic carbocycles. The summed E-state index contributed by atoms with van der Waals surface area (Å²) in [5.74, 6) is 0.390. The number of Topliss-reactive ketones (excluding diaryl/α,β-unsaturated/α-hetero) is 1. The van der Waals surface area contributed by atoms with Gasteiger partial charge in [-0.2, -0.15) is 15.0 Å². The van der Waals surface area contributed by atoms with Crippen molar-refractivity contribution >= 4 is 23.5 Å². The summed E-state index contributed by atoms with van der Waals surface area (Å²) < 4.78 is 5.25. The van der Waals surface area contributed by atoms with Gasteiger partial charge < -0.3 is 9.64 Å². The van der Waals surface area contributed by atoms with E-state index in [2.05, 4.69) is 19.9 Å². The molecule has 3 heterocycles. The highest BCUT2D eigenvalue weighted by atomic mass is 16.5. The van der Waals surface area contributed by atoms with Gasteiger partial charge in [-0.15, -0.1) is 0 Å². The van der Waals surface area contributed by atoms with E-state index in [1.54, 1.807) is 4.90 Å². The highest BCUT2D eigenvalue weighted by Crippen LogP contribution is 2.30. The van der Waals surface area contributed by atoms with Crippen molar-refractivity contribution in [3.8, 4) is 6.01 Å². The fourth-order valence-electron chi connectivity index (χ4n) is 3.59. The number of nitrogens with one attached hydrogen (secondary N) is 1. The third-order valence-corrected chi connectivity index (χ3v) is 4.99. The number of hydrogen-bond acceptors (Lipinski definition) is 7. The Hall–Kier alpha value is -3.03. The first-order valence-corrected chi connectivity index (χ1v) is 9.16. The molecular weight excluding hydrogens is 344 g/mol. The van der Waals surface area contributed by atoms with Gasteiger partial charge in [0.2, 0.25) is 11.9 Å². The molecule has 0 spiro atoms. The van der Waals surface area contributed by atoms with Gasteiger partial charge in [-0.3, -0.25) is 15.1 Å². The predicted octanol–water partition coefficient (Wildman–Crippen LogP) is 2.02. The number of aromatic nitrogens is 3. The Balaban J connectivity index is 1.66. The van der Waals surface area contributed by atoms with Crippen LogP contribution in [0.3, 0.4) is 0 Å². The van der Waals surface area contributed by atoms with Crippen molar-refractivity contribution in [2.75, 3.05) is 36.5 Å². The maximum atomic E-state index is 12.6. The third kappa shape index (κ3) is 3.34. The number of hydrogen-bond donors (Lipinski definition) is 1. The molecule has 1 atom stereocenters. The number of carbonyl (C=O) groups excluding carboxylic acids is 1. The van der Waals surface area contributed by atoms with Crippen LogP contribution in [-0.2, 0) is 4.79 Å². The lowest BCUT2D eigenvalue weighted by molar-refractivity contribution is -0.116. The molecule has 2 aliphatic rings. The number of nitrogens with zero attached hydrogens (tertiary/aromatic N) is 5. The van der Waals surface area contributed by atoms with Gasteiger partial charge in [-0.05, 0) is 24.8 Å². The van der Waals surface area contributed by atoms with Gasteiger partial charge in [0.15, 0.2) is 5.78 Å². The molecule has 0 aliphatic carbocycles. The summed E-state index contributed by atoms with van der Waals surface area (Å²) in [6.45, 7) is 1.84. The molecule has 0 saturated carbocycles. The van der Waals surface area contributed by atoms with Crippen LogP contribution in [0.4, 0.5) is 11.9 Å². The average molecular weight is 366 g/mol. The first-order valence-electron chi connectivity index (χ1n) is 9.16. The number of ketones is 1. The highest BCUT2D eigenvalue weighted by molar-refractivity contribution is 6.21. The van der Waals surface area contributed by atoms with Crippen LogP contribution in [0.15, 0.2) is 30.3 Å². The van der Waals surface area contributed by atoms with Crippen molar-refractivity contribution in [2.45, 2.75) is 25.2 Å². The quantitative estimate of drug-likeness (QED) is 0.884. The summed E-state index contributed by atoms with van der Waals surface area (Å²) in [6, 6.07) is 9.58. The van der Waals surface area contributed by atoms with Gasteiger partial charge in [0.1, 0.15) is 11.8 Å². The summed E-state index contributed by atoms with van der Waals surface area (Å²) in [4.78, 5) is 29.5. The Bertz CT molecular complexity index is 851. The monoisotopic (exact) mass is 366 g/mol. The van der Waals surface area contributed by atoms with Crippen molar-refractivity contribution in [1.82, 2.24) is 15.0 Å². The fraction of sp³-hybridized carbons (Fsp3) is 0.421. The number of methoxy groups -OCH3 is 1. The lowest BCUT2D eigenvalue weighted by Crippen LogP contribution is -2.33. The number of benzene rings is 1. The van der Waals surface area contributed by atoms with Crippen molar-refractivity contribution in [3.63, 3.8) is 0 Å². The highest BCUT2D eigenvalue weighted by Gasteiger charge is 2.39. The minimum atomic E-state index is -0.590. The Morgan fingerprint density at radius 2 is 1.74 bits per heavy atom. The molecule has 8 nitrogen and oxygen atoms in total. The Kier molecular flexibility index (Phi) is 4.70. The number of carbonyl (C=O) groups is 1. The molecule has 8 heteroatoms. The maximum absolute atomic E-state index is 12.6. The minimum Gasteiger partial charge on any atom is -0.467 e. The van der Waals surface area contributed by atoms with E-state index in [-0.39, 0.29) is 24.2 Å². The molecule has 27 heavy (non-hydrogen) atoms. The molecule has 2 aliphatic heterocycles. The van der Waals surface area contributed by atoms with E-state index in [4.69, 9.17) is 10.1 Å². The lowest BCUT2D eigenvalue weighted by atomic mass is 9.96. The number of amidine groups is 1. The predicted molar refractivity (Wildman–Crippen MR) is 102 cm³/mol. The normalized spacial score (nSPS) is 20.3. The van der Waals surface area contributed by atoms with Gasteiger partial charge in [0.05, 0.1) is 13.7 Å². The second kappa shape index (κ2) is 7.30. The van der Waals surface area contributed by atoms with Crippen molar-refractivity contribution in [3.05, 3.63) is 35.9 Å². The van der Waals surface area contributed by atoms with Gasteiger partial charge in [-0.1, -0.05) is 30.3 Å². The Morgan fingerprint density at radius 1 is 1.04 bits per heavy atom. The molecule has 1 unspecified atom stereocenters. The van der Waals surface area contributed by atoms with E-state index in [1.165, 1.54) is 13.5 Å². The van der Waals surface area contributed by atoms with Crippen LogP contribution < -0.4 is 14.5 Å². The topological polar surface area (TPSA) is 95.3 Å². The van der Waals surface area contributed by atoms with Crippen LogP contribution >= 0.6 is 0 Å². The first-order chi connectivity index (χ1) is 13.2. The van der Waals surface area contributed by atoms with Crippen molar-refractivity contribution in [1.29, 1.82) is 5.41 Å². The summed E-state index contributed by atoms with van der Waals surface area (Å²) in [6.07, 6.45) is 3.39. The zero-order valence-electron chi connectivity index (χ0n) is 15.3. The minimum absolute atomic E-state index is 0.0369. The van der Waals surface area contributed by atoms with E-state index in [9.17, 15) is 4.79 Å². The second-order valence-corrected chi connectivity index (χ2v) is 6.75. The molecule has 0 amide bonds. The lowest BCUT2D eigenvalue weighted by Gasteiger charge is -2.27. The molecule has 140 valence electrons. The molecule has 1 aromatic heterocycles. The molecular formula is C19H22N6O2. The van der Waals surface area contributed by atoms with Gasteiger partial charge >= 0.3 is 6.01 Å². The molecule has 4 rings (SSSR count). The zero-order valence-corrected chi connectivity index (χ0v) is 15.3. The first kappa shape index (κ1) is 17.4. The zero-order chi connectivity index (χ0) is 18.8. The van der Waals surface area contributed by atoms with Crippen LogP contribution in [0.5, 0.6) is 6.01 Å². The fourth-order valence-corrected chi connectivity index (χ4v) is 3.59. The summed E-state index contributed by atoms with van der Waals surface area (Å²) >= 11 is 0. The SMILES string of the molecule is COc1nc(N2CCCCC2)nc(N2CC(=O)C(c3ccccc3)C2=N)n1. The molecule has 0 radical (unpaired) electrons. The Labute approximate surface area is 157 Å². The number of anilines is 2. The van der Waals surface area contributed by atoms with Crippen LogP contribution in [0.1, 0.15) is 30.7 Å². The van der Waals surface area contributed by atoms with Crippen LogP contribution in [0.25, 0.3) is 0 Å². The largest absolute Gasteiger partial charge is 0.467 e. The molecule has 2 aromatic rings. The van der Waals surface area contributed by atoms with Gasteiger partial charge in [-0.25, -0.2) is 0 Å². The van der Waals surface area contributed by atoms with E-state index in [1.807, 2.05) is 30.3 Å². The molecule has 0 bridgehead atoms. The second-order valence-electron chi connectivity index (χ2n) is 6.75. The average Bonchev–Trinajstić information content (AvgIpc) is 3.03. The maximum Gasteiger partial charge on any atom is 0.322 e. The number of piperidine rings is 1. The summed E-state index contributed by atoms with van der Waals surface area (Å²) in [5.41, 5.74) is 0.812. The van der Waals surface area contributed by atoms with Gasteiger partial charge in [0, 0.05) is 13.1 Å². The summed E-state index contributed by atoms with van der Waals surface area (Å²) in [7, 11) is 1.51. The molecule has 1 N–H and O–H groups in total. The summed E-state index contributed by atoms with van der Waals surface area (Å²) in [5, 5.41) is 8.56. The smallest absolute Gasteiger partial charge is 0.322 e. The van der Waals surface area contributed by atoms with Crippen molar-refractivity contribution < 1.29 is 9.53 Å². The van der Waals surface area contributed by atoms with E-state index >= 15 is 0 Å². The molecule has 2 saturated heterocycles. The van der Waals surface area contributed by atoms with E-state index in [0.29, 0.717) is 11.9 Å². The third-order valence-electron chi connectivity index (χ3n) is 4.99. The molecule has 2 fully saturated rings. The van der Waals surface area contributed by atoms with Crippen LogP contribution in [0, 0.1) is 5.41 Å². The number of rotatable bonds is 4. The van der Waals surface area contributed by atoms with Crippen LogP contribution in [0.2, 0.25) is 0 Å². The van der Waals surface area contributed by atoms with E-state index < -0.39 is 5.92 Å².